The van der Waals surface area contributed by atoms with Crippen molar-refractivity contribution >= 4 is 23.8 Å². The Hall–Kier alpha value is -2.82. The number of rotatable bonds is 7. The molecule has 11 heteroatoms. The Morgan fingerprint density at radius 3 is 3.16 bits per heavy atom. The second-order valence-electron chi connectivity index (χ2n) is 4.97. The summed E-state index contributed by atoms with van der Waals surface area (Å²) in [5.74, 6) is 0.580. The first-order valence-electron chi connectivity index (χ1n) is 7.52. The lowest BCUT2D eigenvalue weighted by Gasteiger charge is -2.20. The number of ether oxygens (including phenoxy) is 1. The molecular weight excluding hydrogens is 348 g/mol. The predicted molar refractivity (Wildman–Crippen MR) is 86.5 cm³/mol. The molecule has 2 aromatic rings. The van der Waals surface area contributed by atoms with E-state index in [0.29, 0.717) is 28.7 Å². The predicted octanol–water partition coefficient (Wildman–Crippen LogP) is 0.537. The van der Waals surface area contributed by atoms with E-state index in [0.717, 1.165) is 5.76 Å². The van der Waals surface area contributed by atoms with Crippen LogP contribution in [0, 0.1) is 0 Å². The molecule has 2 N–H and O–H groups in total. The van der Waals surface area contributed by atoms with Crippen LogP contribution in [0.1, 0.15) is 12.7 Å². The summed E-state index contributed by atoms with van der Waals surface area (Å²) in [6.45, 7) is 2.50. The van der Waals surface area contributed by atoms with Gasteiger partial charge in [-0.15, -0.1) is 5.10 Å². The van der Waals surface area contributed by atoms with Crippen LogP contribution in [0.25, 0.3) is 0 Å². The van der Waals surface area contributed by atoms with Crippen LogP contribution in [0.3, 0.4) is 0 Å². The fraction of sp³-hybridized carbons (Fsp3) is 0.357. The van der Waals surface area contributed by atoms with Gasteiger partial charge in [-0.3, -0.25) is 0 Å². The molecule has 3 heterocycles. The number of hydrogen-bond donors (Lipinski definition) is 2. The molecule has 1 aliphatic heterocycles. The largest absolute Gasteiger partial charge is 0.467 e. The van der Waals surface area contributed by atoms with E-state index < -0.39 is 5.97 Å². The first-order valence-corrected chi connectivity index (χ1v) is 8.51. The molecule has 0 saturated heterocycles. The second-order valence-corrected chi connectivity index (χ2v) is 5.91. The Kier molecular flexibility index (Phi) is 5.33. The third kappa shape index (κ3) is 4.18. The van der Waals surface area contributed by atoms with Crippen LogP contribution in [0.15, 0.2) is 39.2 Å². The summed E-state index contributed by atoms with van der Waals surface area (Å²) >= 11 is 1.30. The summed E-state index contributed by atoms with van der Waals surface area (Å²) in [6.07, 6.45) is 1.58. The van der Waals surface area contributed by atoms with Crippen LogP contribution in [-0.2, 0) is 16.1 Å². The molecule has 0 radical (unpaired) electrons. The zero-order valence-electron chi connectivity index (χ0n) is 13.4. The summed E-state index contributed by atoms with van der Waals surface area (Å²) in [7, 11) is 0. The normalized spacial score (nSPS) is 14.2. The van der Waals surface area contributed by atoms with Crippen LogP contribution in [-0.4, -0.2) is 51.1 Å². The van der Waals surface area contributed by atoms with E-state index in [4.69, 9.17) is 9.15 Å². The Morgan fingerprint density at radius 1 is 1.52 bits per heavy atom. The maximum atomic E-state index is 12.0. The van der Waals surface area contributed by atoms with E-state index in [2.05, 4.69) is 26.2 Å². The van der Waals surface area contributed by atoms with Crippen LogP contribution in [0.4, 0.5) is 4.79 Å². The van der Waals surface area contributed by atoms with Crippen LogP contribution >= 0.6 is 11.8 Å². The zero-order chi connectivity index (χ0) is 17.6. The number of carbonyl (C=O) groups is 2. The number of hydrogen-bond acceptors (Lipinski definition) is 8. The molecule has 0 spiro atoms. The Balaban J connectivity index is 1.71. The molecule has 2 aromatic heterocycles. The number of furan rings is 1. The summed E-state index contributed by atoms with van der Waals surface area (Å²) < 4.78 is 11.9. The smallest absolute Gasteiger partial charge is 0.337 e. The Bertz CT molecular complexity index is 785. The third-order valence-corrected chi connectivity index (χ3v) is 4.29. The van der Waals surface area contributed by atoms with Crippen molar-refractivity contribution in [2.24, 2.45) is 0 Å². The van der Waals surface area contributed by atoms with Crippen molar-refractivity contribution in [1.82, 2.24) is 30.8 Å². The molecule has 25 heavy (non-hydrogen) atoms. The van der Waals surface area contributed by atoms with Crippen LogP contribution in [0.5, 0.6) is 0 Å². The quantitative estimate of drug-likeness (QED) is 0.539. The lowest BCUT2D eigenvalue weighted by Crippen LogP contribution is -2.44. The average molecular weight is 364 g/mol. The molecule has 0 unspecified atom stereocenters. The molecule has 0 aromatic carbocycles. The van der Waals surface area contributed by atoms with Crippen molar-refractivity contribution in [2.75, 3.05) is 18.9 Å². The molecule has 0 aliphatic carbocycles. The maximum Gasteiger partial charge on any atom is 0.337 e. The minimum Gasteiger partial charge on any atom is -0.467 e. The number of urea groups is 1. The van der Waals surface area contributed by atoms with Gasteiger partial charge in [-0.2, -0.15) is 0 Å². The van der Waals surface area contributed by atoms with Gasteiger partial charge in [0.25, 0.3) is 0 Å². The second kappa shape index (κ2) is 7.83. The maximum absolute atomic E-state index is 12.0. The van der Waals surface area contributed by atoms with Crippen molar-refractivity contribution in [3.63, 3.8) is 0 Å². The first kappa shape index (κ1) is 17.0. The van der Waals surface area contributed by atoms with Gasteiger partial charge >= 0.3 is 12.0 Å². The molecular formula is C14H16N6O4S. The number of nitrogens with one attached hydrogen (secondary N) is 2. The van der Waals surface area contributed by atoms with Gasteiger partial charge in [0, 0.05) is 11.4 Å². The highest BCUT2D eigenvalue weighted by molar-refractivity contribution is 7.99. The molecule has 0 fully saturated rings. The van der Waals surface area contributed by atoms with Gasteiger partial charge < -0.3 is 19.8 Å². The molecule has 132 valence electrons. The summed E-state index contributed by atoms with van der Waals surface area (Å²) in [5.41, 5.74) is 0.874. The number of thioether (sulfide) groups is 1. The molecule has 10 nitrogen and oxygen atoms in total. The van der Waals surface area contributed by atoms with E-state index in [9.17, 15) is 9.59 Å². The molecule has 0 saturated carbocycles. The topological polar surface area (TPSA) is 124 Å². The van der Waals surface area contributed by atoms with Crippen molar-refractivity contribution in [3.05, 3.63) is 35.4 Å². The number of carbonyl (C=O) groups excluding carboxylic acids is 2. The third-order valence-electron chi connectivity index (χ3n) is 3.31. The number of tetrazole rings is 1. The summed E-state index contributed by atoms with van der Waals surface area (Å²) in [4.78, 5) is 23.6. The molecule has 0 atom stereocenters. The van der Waals surface area contributed by atoms with Gasteiger partial charge in [0.1, 0.15) is 12.3 Å². The van der Waals surface area contributed by atoms with E-state index in [1.54, 1.807) is 23.9 Å². The molecule has 0 bridgehead atoms. The van der Waals surface area contributed by atoms with Crippen molar-refractivity contribution < 1.29 is 18.7 Å². The van der Waals surface area contributed by atoms with Crippen LogP contribution < -0.4 is 10.6 Å². The Labute approximate surface area is 147 Å². The highest BCUT2D eigenvalue weighted by Gasteiger charge is 2.24. The fourth-order valence-electron chi connectivity index (χ4n) is 2.15. The van der Waals surface area contributed by atoms with Crippen molar-refractivity contribution in [2.45, 2.75) is 18.6 Å². The van der Waals surface area contributed by atoms with E-state index in [-0.39, 0.29) is 19.2 Å². The van der Waals surface area contributed by atoms with Crippen LogP contribution in [0.2, 0.25) is 0 Å². The van der Waals surface area contributed by atoms with Gasteiger partial charge in [0.15, 0.2) is 0 Å². The summed E-state index contributed by atoms with van der Waals surface area (Å²) in [6, 6.07) is 3.25. The SMILES string of the molecule is CCOC(=O)C1=C(CSc2nnnn2Cc2ccco2)NC(=O)NC1. The van der Waals surface area contributed by atoms with Crippen molar-refractivity contribution in [3.8, 4) is 0 Å². The first-order chi connectivity index (χ1) is 12.2. The zero-order valence-corrected chi connectivity index (χ0v) is 14.2. The minimum absolute atomic E-state index is 0.123. The highest BCUT2D eigenvalue weighted by Crippen LogP contribution is 2.20. The monoisotopic (exact) mass is 364 g/mol. The number of aromatic nitrogens is 4. The Morgan fingerprint density at radius 2 is 2.40 bits per heavy atom. The molecule has 3 rings (SSSR count). The molecule has 2 amide bonds. The van der Waals surface area contributed by atoms with Gasteiger partial charge in [-0.1, -0.05) is 11.8 Å². The van der Waals surface area contributed by atoms with Gasteiger partial charge in [0.05, 0.1) is 25.0 Å². The standard InChI is InChI=1S/C14H16N6O4S/c1-2-23-12(21)10-6-15-13(22)16-11(10)8-25-14-17-18-19-20(14)7-9-4-3-5-24-9/h3-5H,2,6-8H2,1H3,(H2,15,16,22). The van der Waals surface area contributed by atoms with Crippen molar-refractivity contribution in [1.29, 1.82) is 0 Å². The summed E-state index contributed by atoms with van der Waals surface area (Å²) in [5, 5.41) is 17.3. The van der Waals surface area contributed by atoms with E-state index >= 15 is 0 Å². The van der Waals surface area contributed by atoms with E-state index in [1.807, 2.05) is 6.07 Å². The average Bonchev–Trinajstić information content (AvgIpc) is 3.25. The fourth-order valence-corrected chi connectivity index (χ4v) is 3.02. The van der Waals surface area contributed by atoms with Gasteiger partial charge in [-0.05, 0) is 29.5 Å². The number of nitrogens with zero attached hydrogens (tertiary/aromatic N) is 4. The van der Waals surface area contributed by atoms with Gasteiger partial charge in [-0.25, -0.2) is 14.3 Å². The van der Waals surface area contributed by atoms with E-state index in [1.165, 1.54) is 11.8 Å². The highest BCUT2D eigenvalue weighted by atomic mass is 32.2. The molecule has 1 aliphatic rings. The lowest BCUT2D eigenvalue weighted by molar-refractivity contribution is -0.138. The number of amides is 2. The lowest BCUT2D eigenvalue weighted by atomic mass is 10.2. The number of esters is 1. The van der Waals surface area contributed by atoms with Gasteiger partial charge in [0.2, 0.25) is 5.16 Å². The minimum atomic E-state index is -0.458.